The van der Waals surface area contributed by atoms with Gasteiger partial charge in [-0.15, -0.1) is 11.3 Å². The van der Waals surface area contributed by atoms with Crippen molar-refractivity contribution in [1.29, 1.82) is 0 Å². The van der Waals surface area contributed by atoms with Gasteiger partial charge in [-0.05, 0) is 72.1 Å². The molecule has 3 aromatic heterocycles. The van der Waals surface area contributed by atoms with E-state index in [9.17, 15) is 14.7 Å². The molecular formula is C31H38N6O3S. The molecule has 4 N–H and O–H groups in total. The third-order valence-electron chi connectivity index (χ3n) is 7.86. The number of thiophene rings is 1. The van der Waals surface area contributed by atoms with Crippen LogP contribution < -0.4 is 16.0 Å². The fraction of sp³-hybridized carbons (Fsp3) is 0.419. The Morgan fingerprint density at radius 3 is 2.73 bits per heavy atom. The van der Waals surface area contributed by atoms with Gasteiger partial charge in [-0.1, -0.05) is 32.9 Å². The Morgan fingerprint density at radius 2 is 2.00 bits per heavy atom. The number of anilines is 1. The van der Waals surface area contributed by atoms with Crippen molar-refractivity contribution >= 4 is 39.1 Å². The largest absolute Gasteiger partial charge is 0.395 e. The van der Waals surface area contributed by atoms with E-state index in [2.05, 4.69) is 47.9 Å². The molecule has 1 aliphatic carbocycles. The van der Waals surface area contributed by atoms with E-state index < -0.39 is 0 Å². The van der Waals surface area contributed by atoms with Crippen LogP contribution in [0.1, 0.15) is 70.2 Å². The van der Waals surface area contributed by atoms with Crippen molar-refractivity contribution in [3.05, 3.63) is 76.1 Å². The number of aliphatic hydroxyl groups excluding tert-OH is 1. The standard InChI is InChI=1S/C31H38N6O3S/c1-31(2,3)22-8-9-24-20(15-22)14-21-17-27(41-30(21)36-24)29(40)35-25(18-32-12-13-38)19-6-5-7-23(16-19)34-28(39)26-10-11-33-37(26)4/h5-7,10-11,14,16-17,22,25,32,38H,8-9,12-13,15,18H2,1-4H3,(H,34,39)(H,35,40)/t22-,25-/m1/s1. The van der Waals surface area contributed by atoms with Crippen LogP contribution >= 0.6 is 11.3 Å². The molecule has 41 heavy (non-hydrogen) atoms. The van der Waals surface area contributed by atoms with Crippen LogP contribution in [0.4, 0.5) is 5.69 Å². The lowest BCUT2D eigenvalue weighted by Crippen LogP contribution is -2.36. The zero-order chi connectivity index (χ0) is 29.1. The molecule has 0 saturated heterocycles. The first kappa shape index (κ1) is 28.9. The van der Waals surface area contributed by atoms with Crippen LogP contribution in [-0.2, 0) is 19.9 Å². The first-order valence-corrected chi connectivity index (χ1v) is 14.9. The average Bonchev–Trinajstić information content (AvgIpc) is 3.56. The molecule has 3 heterocycles. The van der Waals surface area contributed by atoms with Gasteiger partial charge < -0.3 is 21.1 Å². The number of hydrogen-bond donors (Lipinski definition) is 4. The number of benzene rings is 1. The minimum Gasteiger partial charge on any atom is -0.395 e. The third kappa shape index (κ3) is 6.66. The van der Waals surface area contributed by atoms with Crippen molar-refractivity contribution in [3.8, 4) is 0 Å². The molecule has 4 aromatic rings. The third-order valence-corrected chi connectivity index (χ3v) is 8.91. The first-order chi connectivity index (χ1) is 19.6. The summed E-state index contributed by atoms with van der Waals surface area (Å²) < 4.78 is 1.51. The van der Waals surface area contributed by atoms with Gasteiger partial charge in [0.05, 0.1) is 17.5 Å². The minimum atomic E-state index is -0.387. The number of aromatic nitrogens is 3. The summed E-state index contributed by atoms with van der Waals surface area (Å²) in [7, 11) is 1.71. The highest BCUT2D eigenvalue weighted by Gasteiger charge is 2.30. The normalized spacial score (nSPS) is 15.9. The number of aliphatic hydroxyl groups is 1. The number of pyridine rings is 1. The smallest absolute Gasteiger partial charge is 0.273 e. The molecule has 2 atom stereocenters. The van der Waals surface area contributed by atoms with Crippen molar-refractivity contribution in [1.82, 2.24) is 25.4 Å². The van der Waals surface area contributed by atoms with Gasteiger partial charge >= 0.3 is 0 Å². The van der Waals surface area contributed by atoms with Crippen molar-refractivity contribution in [2.45, 2.75) is 46.1 Å². The molecule has 0 unspecified atom stereocenters. The maximum atomic E-state index is 13.5. The van der Waals surface area contributed by atoms with E-state index in [1.807, 2.05) is 24.3 Å². The van der Waals surface area contributed by atoms with Crippen molar-refractivity contribution in [2.75, 3.05) is 25.0 Å². The van der Waals surface area contributed by atoms with Crippen LogP contribution in [-0.4, -0.2) is 51.4 Å². The molecule has 10 heteroatoms. The number of carbonyl (C=O) groups excluding carboxylic acids is 2. The topological polar surface area (TPSA) is 121 Å². The zero-order valence-electron chi connectivity index (χ0n) is 24.0. The number of rotatable bonds is 9. The number of carbonyl (C=O) groups is 2. The maximum Gasteiger partial charge on any atom is 0.273 e. The molecule has 9 nitrogen and oxygen atoms in total. The van der Waals surface area contributed by atoms with E-state index >= 15 is 0 Å². The quantitative estimate of drug-likeness (QED) is 0.219. The van der Waals surface area contributed by atoms with Crippen LogP contribution in [0.25, 0.3) is 10.2 Å². The van der Waals surface area contributed by atoms with Gasteiger partial charge in [0.15, 0.2) is 0 Å². The number of fused-ring (bicyclic) bond motifs is 2. The minimum absolute atomic E-state index is 0.00974. The molecule has 216 valence electrons. The van der Waals surface area contributed by atoms with E-state index in [1.165, 1.54) is 21.6 Å². The van der Waals surface area contributed by atoms with Gasteiger partial charge in [0, 0.05) is 43.1 Å². The number of nitrogens with one attached hydrogen (secondary N) is 3. The lowest BCUT2D eigenvalue weighted by atomic mass is 9.71. The van der Waals surface area contributed by atoms with Gasteiger partial charge in [-0.2, -0.15) is 5.10 Å². The van der Waals surface area contributed by atoms with Crippen LogP contribution in [0.3, 0.4) is 0 Å². The Kier molecular flexibility index (Phi) is 8.53. The summed E-state index contributed by atoms with van der Waals surface area (Å²) >= 11 is 1.41. The van der Waals surface area contributed by atoms with Gasteiger partial charge in [0.1, 0.15) is 10.5 Å². The van der Waals surface area contributed by atoms with Crippen LogP contribution in [0.5, 0.6) is 0 Å². The lowest BCUT2D eigenvalue weighted by Gasteiger charge is -2.34. The Hall–Kier alpha value is -3.60. The molecular weight excluding hydrogens is 536 g/mol. The van der Waals surface area contributed by atoms with Gasteiger partial charge in [0.25, 0.3) is 11.8 Å². The monoisotopic (exact) mass is 574 g/mol. The molecule has 1 aromatic carbocycles. The van der Waals surface area contributed by atoms with Crippen LogP contribution in [0.2, 0.25) is 0 Å². The maximum absolute atomic E-state index is 13.5. The van der Waals surface area contributed by atoms with E-state index in [1.54, 1.807) is 25.4 Å². The second-order valence-corrected chi connectivity index (χ2v) is 12.8. The Balaban J connectivity index is 1.35. The van der Waals surface area contributed by atoms with E-state index in [0.29, 0.717) is 35.3 Å². The van der Waals surface area contributed by atoms with Crippen LogP contribution in [0.15, 0.2) is 48.7 Å². The van der Waals surface area contributed by atoms with Gasteiger partial charge in [-0.3, -0.25) is 14.3 Å². The molecule has 2 amide bonds. The predicted octanol–water partition coefficient (Wildman–Crippen LogP) is 4.49. The first-order valence-electron chi connectivity index (χ1n) is 14.1. The molecule has 0 aliphatic heterocycles. The molecule has 0 spiro atoms. The molecule has 1 aliphatic rings. The Morgan fingerprint density at radius 1 is 1.17 bits per heavy atom. The highest BCUT2D eigenvalue weighted by molar-refractivity contribution is 7.20. The molecule has 0 saturated carbocycles. The second-order valence-electron chi connectivity index (χ2n) is 11.8. The lowest BCUT2D eigenvalue weighted by molar-refractivity contribution is 0.0939. The fourth-order valence-electron chi connectivity index (χ4n) is 5.41. The van der Waals surface area contributed by atoms with E-state index in [-0.39, 0.29) is 29.9 Å². The summed E-state index contributed by atoms with van der Waals surface area (Å²) in [6.07, 6.45) is 4.70. The molecule has 5 rings (SSSR count). The zero-order valence-corrected chi connectivity index (χ0v) is 24.8. The van der Waals surface area contributed by atoms with Gasteiger partial charge in [-0.25, -0.2) is 4.98 Å². The highest BCUT2D eigenvalue weighted by atomic mass is 32.1. The van der Waals surface area contributed by atoms with Gasteiger partial charge in [0.2, 0.25) is 0 Å². The average molecular weight is 575 g/mol. The molecule has 0 fully saturated rings. The van der Waals surface area contributed by atoms with E-state index in [0.717, 1.165) is 40.7 Å². The highest BCUT2D eigenvalue weighted by Crippen LogP contribution is 2.38. The van der Waals surface area contributed by atoms with Crippen LogP contribution in [0, 0.1) is 11.3 Å². The summed E-state index contributed by atoms with van der Waals surface area (Å²) in [6.45, 7) is 7.71. The summed E-state index contributed by atoms with van der Waals surface area (Å²) in [5.74, 6) is 0.168. The SMILES string of the molecule is Cn1nccc1C(=O)Nc1cccc([C@@H](CNCCO)NC(=O)c2cc3cc4c(nc3s2)CC[C@@H](C(C)(C)C)C4)c1. The van der Waals surface area contributed by atoms with Crippen molar-refractivity contribution in [3.63, 3.8) is 0 Å². The van der Waals surface area contributed by atoms with E-state index in [4.69, 9.17) is 4.98 Å². The summed E-state index contributed by atoms with van der Waals surface area (Å²) in [5.41, 5.74) is 4.59. The summed E-state index contributed by atoms with van der Waals surface area (Å²) in [6, 6.07) is 12.8. The molecule has 0 radical (unpaired) electrons. The number of amides is 2. The summed E-state index contributed by atoms with van der Waals surface area (Å²) in [5, 5.41) is 23.6. The summed E-state index contributed by atoms with van der Waals surface area (Å²) in [4.78, 5) is 32.7. The number of hydrogen-bond acceptors (Lipinski definition) is 7. The number of nitrogens with zero attached hydrogens (tertiary/aromatic N) is 3. The Labute approximate surface area is 244 Å². The molecule has 0 bridgehead atoms. The van der Waals surface area contributed by atoms with Crippen molar-refractivity contribution < 1.29 is 14.7 Å². The fourth-order valence-corrected chi connectivity index (χ4v) is 6.34. The Bertz CT molecular complexity index is 1550. The predicted molar refractivity (Wildman–Crippen MR) is 162 cm³/mol. The number of aryl methyl sites for hydroxylation is 2. The second kappa shape index (κ2) is 12.1. The van der Waals surface area contributed by atoms with Crippen molar-refractivity contribution in [2.24, 2.45) is 18.4 Å².